The van der Waals surface area contributed by atoms with Crippen molar-refractivity contribution in [1.82, 2.24) is 4.98 Å². The van der Waals surface area contributed by atoms with E-state index in [-0.39, 0.29) is 5.91 Å². The smallest absolute Gasteiger partial charge is 0.256 e. The summed E-state index contributed by atoms with van der Waals surface area (Å²) < 4.78 is 0. The number of pyridine rings is 1. The number of hydrogen-bond acceptors (Lipinski definition) is 2. The van der Waals surface area contributed by atoms with Crippen molar-refractivity contribution in [2.45, 2.75) is 27.7 Å². The molecule has 4 heteroatoms. The molecule has 4 aromatic rings. The van der Waals surface area contributed by atoms with E-state index in [4.69, 9.17) is 16.6 Å². The molecule has 1 N–H and O–H groups in total. The van der Waals surface area contributed by atoms with Crippen LogP contribution in [0.25, 0.3) is 22.2 Å². The molecule has 1 heterocycles. The van der Waals surface area contributed by atoms with Crippen LogP contribution in [0.5, 0.6) is 0 Å². The van der Waals surface area contributed by atoms with E-state index in [1.807, 2.05) is 76.2 Å². The summed E-state index contributed by atoms with van der Waals surface area (Å²) in [5.41, 5.74) is 7.98. The van der Waals surface area contributed by atoms with Crippen molar-refractivity contribution in [2.75, 3.05) is 5.32 Å². The molecule has 3 aromatic carbocycles. The van der Waals surface area contributed by atoms with Crippen molar-refractivity contribution in [3.05, 3.63) is 93.5 Å². The number of hydrogen-bond donors (Lipinski definition) is 1. The van der Waals surface area contributed by atoms with Crippen LogP contribution in [0.2, 0.25) is 5.02 Å². The highest BCUT2D eigenvalue weighted by Gasteiger charge is 2.21. The fourth-order valence-electron chi connectivity index (χ4n) is 3.90. The topological polar surface area (TPSA) is 42.0 Å². The lowest BCUT2D eigenvalue weighted by atomic mass is 9.94. The van der Waals surface area contributed by atoms with Crippen molar-refractivity contribution in [3.63, 3.8) is 0 Å². The van der Waals surface area contributed by atoms with Gasteiger partial charge >= 0.3 is 0 Å². The first-order valence-electron chi connectivity index (χ1n) is 9.89. The van der Waals surface area contributed by atoms with Gasteiger partial charge in [0.25, 0.3) is 5.91 Å². The van der Waals surface area contributed by atoms with Gasteiger partial charge in [0.05, 0.1) is 16.8 Å². The average molecular weight is 415 g/mol. The summed E-state index contributed by atoms with van der Waals surface area (Å²) in [5, 5.41) is 4.52. The number of nitrogens with zero attached hydrogens (tertiary/aromatic N) is 1. The number of amides is 1. The minimum absolute atomic E-state index is 0.160. The number of anilines is 1. The SMILES string of the molecule is Cc1cc(C)c2nc(-c3ccccc3)c(C)c(C(=O)Nc3cc(Cl)ccc3C)c2c1. The van der Waals surface area contributed by atoms with Gasteiger partial charge in [-0.15, -0.1) is 0 Å². The molecule has 1 amide bonds. The van der Waals surface area contributed by atoms with Crippen LogP contribution in [0.1, 0.15) is 32.6 Å². The minimum Gasteiger partial charge on any atom is -0.322 e. The number of benzene rings is 3. The molecule has 1 aromatic heterocycles. The highest BCUT2D eigenvalue weighted by molar-refractivity contribution is 6.31. The van der Waals surface area contributed by atoms with Gasteiger partial charge in [-0.2, -0.15) is 0 Å². The average Bonchev–Trinajstić information content (AvgIpc) is 2.71. The van der Waals surface area contributed by atoms with Crippen molar-refractivity contribution >= 4 is 34.1 Å². The van der Waals surface area contributed by atoms with Gasteiger partial charge in [0.15, 0.2) is 0 Å². The summed E-state index contributed by atoms with van der Waals surface area (Å²) in [4.78, 5) is 18.5. The van der Waals surface area contributed by atoms with Crippen molar-refractivity contribution in [3.8, 4) is 11.3 Å². The number of fused-ring (bicyclic) bond motifs is 1. The zero-order valence-electron chi connectivity index (χ0n) is 17.5. The lowest BCUT2D eigenvalue weighted by molar-refractivity contribution is 0.102. The number of aromatic nitrogens is 1. The molecular weight excluding hydrogens is 392 g/mol. The van der Waals surface area contributed by atoms with Crippen molar-refractivity contribution < 1.29 is 4.79 Å². The van der Waals surface area contributed by atoms with Gasteiger partial charge in [-0.1, -0.05) is 59.6 Å². The first kappa shape index (κ1) is 20.1. The number of carbonyl (C=O) groups excluding carboxylic acids is 1. The lowest BCUT2D eigenvalue weighted by Gasteiger charge is -2.17. The van der Waals surface area contributed by atoms with Crippen LogP contribution in [0.4, 0.5) is 5.69 Å². The highest BCUT2D eigenvalue weighted by atomic mass is 35.5. The molecule has 0 atom stereocenters. The summed E-state index contributed by atoms with van der Waals surface area (Å²) in [5.74, 6) is -0.160. The Morgan fingerprint density at radius 3 is 2.37 bits per heavy atom. The summed E-state index contributed by atoms with van der Waals surface area (Å²) in [6.07, 6.45) is 0. The summed E-state index contributed by atoms with van der Waals surface area (Å²) in [6, 6.07) is 19.6. The number of halogens is 1. The van der Waals surface area contributed by atoms with Crippen LogP contribution in [0, 0.1) is 27.7 Å². The molecule has 0 aliphatic rings. The third-order valence-corrected chi connectivity index (χ3v) is 5.63. The number of rotatable bonds is 3. The number of carbonyl (C=O) groups is 1. The molecule has 0 bridgehead atoms. The largest absolute Gasteiger partial charge is 0.322 e. The predicted octanol–water partition coefficient (Wildman–Crippen LogP) is 7.04. The zero-order chi connectivity index (χ0) is 21.4. The van der Waals surface area contributed by atoms with E-state index in [9.17, 15) is 4.79 Å². The molecule has 0 spiro atoms. The van der Waals surface area contributed by atoms with Crippen LogP contribution in [-0.2, 0) is 0 Å². The summed E-state index contributed by atoms with van der Waals surface area (Å²) >= 11 is 6.16. The second-order valence-electron chi connectivity index (χ2n) is 7.72. The molecule has 0 radical (unpaired) electrons. The molecule has 4 rings (SSSR count). The van der Waals surface area contributed by atoms with Gasteiger partial charge in [-0.25, -0.2) is 4.98 Å². The van der Waals surface area contributed by atoms with Gasteiger partial charge in [0.1, 0.15) is 0 Å². The van der Waals surface area contributed by atoms with E-state index < -0.39 is 0 Å². The molecule has 0 saturated carbocycles. The molecule has 30 heavy (non-hydrogen) atoms. The Bertz CT molecular complexity index is 1280. The Hall–Kier alpha value is -3.17. The van der Waals surface area contributed by atoms with Gasteiger partial charge in [0.2, 0.25) is 0 Å². The van der Waals surface area contributed by atoms with Crippen LogP contribution >= 0.6 is 11.6 Å². The van der Waals surface area contributed by atoms with Crippen LogP contribution in [0.15, 0.2) is 60.7 Å². The van der Waals surface area contributed by atoms with E-state index in [2.05, 4.69) is 11.4 Å². The summed E-state index contributed by atoms with van der Waals surface area (Å²) in [7, 11) is 0. The molecule has 0 fully saturated rings. The first-order chi connectivity index (χ1) is 14.3. The maximum Gasteiger partial charge on any atom is 0.256 e. The Morgan fingerprint density at radius 1 is 0.900 bits per heavy atom. The van der Waals surface area contributed by atoms with Crippen LogP contribution in [-0.4, -0.2) is 10.9 Å². The highest BCUT2D eigenvalue weighted by Crippen LogP contribution is 2.32. The summed E-state index contributed by atoms with van der Waals surface area (Å²) in [6.45, 7) is 7.99. The second-order valence-corrected chi connectivity index (χ2v) is 8.15. The monoisotopic (exact) mass is 414 g/mol. The van der Waals surface area contributed by atoms with E-state index in [0.29, 0.717) is 16.3 Å². The zero-order valence-corrected chi connectivity index (χ0v) is 18.3. The van der Waals surface area contributed by atoms with E-state index in [1.165, 1.54) is 0 Å². The first-order valence-corrected chi connectivity index (χ1v) is 10.3. The molecule has 0 aliphatic heterocycles. The standard InChI is InChI=1S/C26H23ClN2O/c1-15-12-17(3)24-21(13-15)23(18(4)25(29-24)19-8-6-5-7-9-19)26(30)28-22-14-20(27)11-10-16(22)2/h5-14H,1-4H3,(H,28,30). The molecule has 0 unspecified atom stereocenters. The number of aryl methyl sites for hydroxylation is 3. The lowest BCUT2D eigenvalue weighted by Crippen LogP contribution is -2.16. The van der Waals surface area contributed by atoms with Crippen molar-refractivity contribution in [1.29, 1.82) is 0 Å². The third kappa shape index (κ3) is 3.69. The fraction of sp³-hybridized carbons (Fsp3) is 0.154. The van der Waals surface area contributed by atoms with Gasteiger partial charge < -0.3 is 5.32 Å². The molecule has 150 valence electrons. The Balaban J connectivity index is 1.96. The fourth-order valence-corrected chi connectivity index (χ4v) is 4.07. The van der Waals surface area contributed by atoms with Gasteiger partial charge in [-0.3, -0.25) is 4.79 Å². The Morgan fingerprint density at radius 2 is 1.63 bits per heavy atom. The molecule has 0 saturated heterocycles. The van der Waals surface area contributed by atoms with E-state index in [1.54, 1.807) is 6.07 Å². The maximum absolute atomic E-state index is 13.5. The Kier molecular flexibility index (Phi) is 5.31. The molecular formula is C26H23ClN2O. The van der Waals surface area contributed by atoms with Crippen LogP contribution < -0.4 is 5.32 Å². The number of nitrogens with one attached hydrogen (secondary N) is 1. The van der Waals surface area contributed by atoms with E-state index in [0.717, 1.165) is 44.4 Å². The quantitative estimate of drug-likeness (QED) is 0.390. The predicted molar refractivity (Wildman–Crippen MR) is 126 cm³/mol. The second kappa shape index (κ2) is 7.92. The van der Waals surface area contributed by atoms with Gasteiger partial charge in [-0.05, 0) is 62.6 Å². The third-order valence-electron chi connectivity index (χ3n) is 5.39. The van der Waals surface area contributed by atoms with Crippen molar-refractivity contribution in [2.24, 2.45) is 0 Å². The van der Waals surface area contributed by atoms with E-state index >= 15 is 0 Å². The normalized spacial score (nSPS) is 11.0. The minimum atomic E-state index is -0.160. The van der Waals surface area contributed by atoms with Gasteiger partial charge in [0, 0.05) is 21.7 Å². The molecule has 3 nitrogen and oxygen atoms in total. The molecule has 0 aliphatic carbocycles. The Labute approximate surface area is 181 Å². The maximum atomic E-state index is 13.5. The van der Waals surface area contributed by atoms with Crippen LogP contribution in [0.3, 0.4) is 0 Å².